The van der Waals surface area contributed by atoms with Crippen LogP contribution in [0.4, 0.5) is 29.6 Å². The summed E-state index contributed by atoms with van der Waals surface area (Å²) in [5, 5.41) is 2.55. The van der Waals surface area contributed by atoms with Crippen molar-refractivity contribution in [1.29, 1.82) is 0 Å². The molecule has 2 aromatic carbocycles. The molecule has 1 fully saturated rings. The van der Waals surface area contributed by atoms with Crippen LogP contribution in [0.15, 0.2) is 47.5 Å². The molecule has 1 saturated heterocycles. The van der Waals surface area contributed by atoms with Gasteiger partial charge < -0.3 is 21.8 Å². The molecule has 2 heterocycles. The number of imidazole rings is 1. The molecule has 3 aromatic rings. The summed E-state index contributed by atoms with van der Waals surface area (Å²) < 4.78 is 40.1. The number of nitrogen functional groups attached to an aromatic ring is 1. The van der Waals surface area contributed by atoms with Gasteiger partial charge in [0.15, 0.2) is 5.95 Å². The number of hydrogen-bond acceptors (Lipinski definition) is 7. The van der Waals surface area contributed by atoms with Crippen molar-refractivity contribution in [3.05, 3.63) is 80.5 Å². The van der Waals surface area contributed by atoms with Gasteiger partial charge in [0.25, 0.3) is 11.1 Å². The highest BCUT2D eigenvalue weighted by Gasteiger charge is 2.35. The van der Waals surface area contributed by atoms with Crippen molar-refractivity contribution in [2.45, 2.75) is 25.8 Å². The zero-order valence-electron chi connectivity index (χ0n) is 18.5. The Hall–Kier alpha value is -3.48. The van der Waals surface area contributed by atoms with Crippen LogP contribution < -0.4 is 16.8 Å². The van der Waals surface area contributed by atoms with E-state index in [1.54, 1.807) is 24.3 Å². The van der Waals surface area contributed by atoms with E-state index in [1.165, 1.54) is 18.3 Å². The molecule has 0 saturated carbocycles. The number of aromatic amines is 1. The molecule has 0 unspecified atom stereocenters. The fourth-order valence-electron chi connectivity index (χ4n) is 3.62. The first-order valence-electron chi connectivity index (χ1n) is 10.5. The summed E-state index contributed by atoms with van der Waals surface area (Å²) in [5.41, 5.74) is 12.9. The lowest BCUT2D eigenvalue weighted by molar-refractivity contribution is -0.138. The predicted octanol–water partition coefficient (Wildman–Crippen LogP) is 4.97. The zero-order chi connectivity index (χ0) is 26.0. The molecule has 0 bridgehead atoms. The monoisotopic (exact) mass is 536 g/mol. The third-order valence-electron chi connectivity index (χ3n) is 5.34. The number of thioether (sulfide) groups is 1. The number of alkyl halides is 3. The first-order valence-corrected chi connectivity index (χ1v) is 11.7. The smallest absolute Gasteiger partial charge is 0.381 e. The molecular formula is C23H20ClF3N6O2S. The van der Waals surface area contributed by atoms with E-state index in [2.05, 4.69) is 15.3 Å². The Kier molecular flexibility index (Phi) is 7.29. The number of hydrogen-bond donors (Lipinski definition) is 4. The first-order chi connectivity index (χ1) is 17.0. The van der Waals surface area contributed by atoms with E-state index in [0.29, 0.717) is 22.5 Å². The zero-order valence-corrected chi connectivity index (χ0v) is 20.1. The Morgan fingerprint density at radius 2 is 1.94 bits per heavy atom. The second-order valence-electron chi connectivity index (χ2n) is 7.84. The molecule has 13 heteroatoms. The molecular weight excluding hydrogens is 517 g/mol. The third-order valence-corrected chi connectivity index (χ3v) is 6.49. The van der Waals surface area contributed by atoms with Crippen molar-refractivity contribution in [1.82, 2.24) is 14.9 Å². The Balaban J connectivity index is 1.51. The largest absolute Gasteiger partial charge is 0.416 e. The van der Waals surface area contributed by atoms with E-state index in [-0.39, 0.29) is 41.1 Å². The molecule has 4 rings (SSSR count). The van der Waals surface area contributed by atoms with Crippen LogP contribution in [0.1, 0.15) is 27.9 Å². The van der Waals surface area contributed by atoms with Gasteiger partial charge in [0.05, 0.1) is 28.9 Å². The molecule has 1 aromatic heterocycles. The van der Waals surface area contributed by atoms with Crippen molar-refractivity contribution >= 4 is 52.2 Å². The molecule has 8 nitrogen and oxygen atoms in total. The SMILES string of the molecule is NCc1cc(C=C2SC(=O)N(Cc3cnc(N)[nH]3)C2=O)ccc1NCc1ccc(Cl)cc1C(F)(F)F. The Morgan fingerprint density at radius 3 is 2.61 bits per heavy atom. The summed E-state index contributed by atoms with van der Waals surface area (Å²) in [7, 11) is 0. The van der Waals surface area contributed by atoms with Gasteiger partial charge in [-0.3, -0.25) is 14.5 Å². The highest BCUT2D eigenvalue weighted by Crippen LogP contribution is 2.35. The fraction of sp³-hybridized carbons (Fsp3) is 0.174. The molecule has 0 radical (unpaired) electrons. The number of carbonyl (C=O) groups is 2. The highest BCUT2D eigenvalue weighted by molar-refractivity contribution is 8.18. The second-order valence-corrected chi connectivity index (χ2v) is 9.26. The Labute approximate surface area is 212 Å². The predicted molar refractivity (Wildman–Crippen MR) is 133 cm³/mol. The molecule has 2 amide bonds. The van der Waals surface area contributed by atoms with Crippen LogP contribution >= 0.6 is 23.4 Å². The lowest BCUT2D eigenvalue weighted by Gasteiger charge is -2.16. The van der Waals surface area contributed by atoms with Gasteiger partial charge in [0.2, 0.25) is 0 Å². The normalized spacial score (nSPS) is 15.2. The number of aromatic nitrogens is 2. The van der Waals surface area contributed by atoms with Crippen LogP contribution in [-0.4, -0.2) is 26.0 Å². The van der Waals surface area contributed by atoms with Gasteiger partial charge in [-0.15, -0.1) is 0 Å². The van der Waals surface area contributed by atoms with Crippen LogP contribution in [0.25, 0.3) is 6.08 Å². The topological polar surface area (TPSA) is 130 Å². The summed E-state index contributed by atoms with van der Waals surface area (Å²) in [6.07, 6.45) is -1.53. The molecule has 0 spiro atoms. The molecule has 188 valence electrons. The van der Waals surface area contributed by atoms with E-state index in [1.807, 2.05) is 0 Å². The van der Waals surface area contributed by atoms with Gasteiger partial charge in [-0.25, -0.2) is 4.98 Å². The van der Waals surface area contributed by atoms with E-state index >= 15 is 0 Å². The van der Waals surface area contributed by atoms with Crippen LogP contribution in [0.3, 0.4) is 0 Å². The number of nitrogens with one attached hydrogen (secondary N) is 2. The fourth-order valence-corrected chi connectivity index (χ4v) is 4.63. The molecule has 1 aliphatic heterocycles. The van der Waals surface area contributed by atoms with E-state index < -0.39 is 22.9 Å². The maximum absolute atomic E-state index is 13.4. The van der Waals surface area contributed by atoms with Crippen LogP contribution in [-0.2, 0) is 30.6 Å². The van der Waals surface area contributed by atoms with Crippen molar-refractivity contribution in [3.8, 4) is 0 Å². The summed E-state index contributed by atoms with van der Waals surface area (Å²) in [6, 6.07) is 8.65. The summed E-state index contributed by atoms with van der Waals surface area (Å²) >= 11 is 6.54. The van der Waals surface area contributed by atoms with Crippen molar-refractivity contribution < 1.29 is 22.8 Å². The number of nitrogens with zero attached hydrogens (tertiary/aromatic N) is 2. The lowest BCUT2D eigenvalue weighted by atomic mass is 10.1. The van der Waals surface area contributed by atoms with Gasteiger partial charge in [0, 0.05) is 23.8 Å². The number of anilines is 2. The standard InChI is InChI=1S/C23H20ClF3N6O2S/c24-15-3-2-13(17(7-15)23(25,26)27)9-30-18-4-1-12(5-14(18)8-28)6-19-20(34)33(22(35)36-19)11-16-10-31-21(29)32-16/h1-7,10,30H,8-9,11,28H2,(H3,29,31,32). The lowest BCUT2D eigenvalue weighted by Crippen LogP contribution is -2.27. The first kappa shape index (κ1) is 25.6. The van der Waals surface area contributed by atoms with Crippen molar-refractivity contribution in [2.24, 2.45) is 5.73 Å². The molecule has 6 N–H and O–H groups in total. The van der Waals surface area contributed by atoms with Gasteiger partial charge in [0.1, 0.15) is 0 Å². The minimum Gasteiger partial charge on any atom is -0.381 e. The average Bonchev–Trinajstić information content (AvgIpc) is 3.35. The number of imide groups is 1. The number of rotatable bonds is 7. The number of nitrogens with two attached hydrogens (primary N) is 2. The van der Waals surface area contributed by atoms with Crippen LogP contribution in [0.2, 0.25) is 5.02 Å². The number of carbonyl (C=O) groups excluding carboxylic acids is 2. The number of halogens is 4. The Morgan fingerprint density at radius 1 is 1.17 bits per heavy atom. The number of H-pyrrole nitrogens is 1. The quantitative estimate of drug-likeness (QED) is 0.314. The number of benzene rings is 2. The molecule has 1 aliphatic rings. The summed E-state index contributed by atoms with van der Waals surface area (Å²) in [6.45, 7) is 0.00255. The van der Waals surface area contributed by atoms with E-state index in [0.717, 1.165) is 22.7 Å². The average molecular weight is 537 g/mol. The van der Waals surface area contributed by atoms with Crippen LogP contribution in [0, 0.1) is 0 Å². The molecule has 0 atom stereocenters. The minimum atomic E-state index is -4.55. The van der Waals surface area contributed by atoms with E-state index in [4.69, 9.17) is 23.1 Å². The summed E-state index contributed by atoms with van der Waals surface area (Å²) in [5.74, 6) is -0.279. The van der Waals surface area contributed by atoms with Crippen LogP contribution in [0.5, 0.6) is 0 Å². The van der Waals surface area contributed by atoms with Crippen molar-refractivity contribution in [2.75, 3.05) is 11.1 Å². The summed E-state index contributed by atoms with van der Waals surface area (Å²) in [4.78, 5) is 33.0. The van der Waals surface area contributed by atoms with Gasteiger partial charge in [-0.1, -0.05) is 23.7 Å². The third kappa shape index (κ3) is 5.66. The van der Waals surface area contributed by atoms with Gasteiger partial charge in [-0.2, -0.15) is 13.2 Å². The minimum absolute atomic E-state index is 0.00353. The molecule has 36 heavy (non-hydrogen) atoms. The maximum Gasteiger partial charge on any atom is 0.416 e. The van der Waals surface area contributed by atoms with Crippen molar-refractivity contribution in [3.63, 3.8) is 0 Å². The highest BCUT2D eigenvalue weighted by atomic mass is 35.5. The van der Waals surface area contributed by atoms with E-state index in [9.17, 15) is 22.8 Å². The Bertz CT molecular complexity index is 1360. The number of amides is 2. The van der Waals surface area contributed by atoms with Gasteiger partial charge >= 0.3 is 6.18 Å². The van der Waals surface area contributed by atoms with Gasteiger partial charge in [-0.05, 0) is 58.8 Å². The molecule has 0 aliphatic carbocycles. The second kappa shape index (κ2) is 10.2. The maximum atomic E-state index is 13.4.